The molecule has 1 aromatic heterocycles. The molecule has 4 N–H and O–H groups in total. The van der Waals surface area contributed by atoms with Crippen LogP contribution in [0.5, 0.6) is 0 Å². The van der Waals surface area contributed by atoms with E-state index in [1.807, 2.05) is 26.0 Å². The number of rotatable bonds is 9. The predicted octanol–water partition coefficient (Wildman–Crippen LogP) is 5.66. The van der Waals surface area contributed by atoms with E-state index >= 15 is 0 Å². The summed E-state index contributed by atoms with van der Waals surface area (Å²) in [4.78, 5) is 27.2. The fourth-order valence-electron chi connectivity index (χ4n) is 6.52. The topological polar surface area (TPSA) is 105 Å². The summed E-state index contributed by atoms with van der Waals surface area (Å²) in [5, 5.41) is 10.3. The van der Waals surface area contributed by atoms with E-state index in [1.54, 1.807) is 17.3 Å². The van der Waals surface area contributed by atoms with E-state index in [4.69, 9.17) is 11.1 Å². The average Bonchev–Trinajstić information content (AvgIpc) is 3.69. The minimum Gasteiger partial charge on any atom is -0.386 e. The van der Waals surface area contributed by atoms with E-state index in [0.29, 0.717) is 16.8 Å². The van der Waals surface area contributed by atoms with Crippen LogP contribution in [-0.2, 0) is 19.6 Å². The summed E-state index contributed by atoms with van der Waals surface area (Å²) in [6.45, 7) is 10.9. The van der Waals surface area contributed by atoms with Gasteiger partial charge in [-0.3, -0.25) is 20.0 Å². The van der Waals surface area contributed by atoms with Gasteiger partial charge < -0.3 is 15.6 Å². The van der Waals surface area contributed by atoms with E-state index in [0.717, 1.165) is 39.3 Å². The third-order valence-electron chi connectivity index (χ3n) is 8.81. The molecule has 0 unspecified atom stereocenters. The van der Waals surface area contributed by atoms with E-state index < -0.39 is 0 Å². The van der Waals surface area contributed by atoms with Gasteiger partial charge in [-0.1, -0.05) is 62.4 Å². The van der Waals surface area contributed by atoms with Crippen LogP contribution in [0.15, 0.2) is 79.1 Å². The summed E-state index contributed by atoms with van der Waals surface area (Å²) in [6.07, 6.45) is 7.15. The minimum atomic E-state index is -0.154. The molecule has 2 saturated heterocycles. The number of likely N-dealkylation sites (tertiary alicyclic amines) is 2. The van der Waals surface area contributed by atoms with Crippen molar-refractivity contribution in [1.29, 1.82) is 5.41 Å². The number of fused-ring (bicyclic) bond motifs is 1. The number of nitrogens with zero attached hydrogens (tertiary/aromatic N) is 4. The van der Waals surface area contributed by atoms with Crippen molar-refractivity contribution < 1.29 is 4.79 Å². The molecule has 0 atom stereocenters. The standard InChI is InChI=1S/C33H39N7O.C2H6/c34-30(35)22-40(23-31-36-14-15-37-31)32(41)28-9-5-25(6-10-28)20-39-18-13-33(24-39)11-16-38(17-12-33)21-26-7-8-27-3-1-2-4-29(27)19-26;1-2/h1-10,14-15,19H,11-13,16-18,20-24H2,(H3,34,35)(H,36,37);1-2H3. The summed E-state index contributed by atoms with van der Waals surface area (Å²) in [7, 11) is 0. The van der Waals surface area contributed by atoms with Crippen molar-refractivity contribution in [3.63, 3.8) is 0 Å². The molecule has 8 nitrogen and oxygen atoms in total. The number of aromatic nitrogens is 2. The number of H-pyrrole nitrogens is 1. The smallest absolute Gasteiger partial charge is 0.254 e. The maximum Gasteiger partial charge on any atom is 0.254 e. The Labute approximate surface area is 255 Å². The second kappa shape index (κ2) is 14.0. The Balaban J connectivity index is 0.00000180. The third-order valence-corrected chi connectivity index (χ3v) is 8.81. The zero-order chi connectivity index (χ0) is 30.2. The number of carbonyl (C=O) groups is 1. The number of aromatic amines is 1. The van der Waals surface area contributed by atoms with Gasteiger partial charge in [0, 0.05) is 37.6 Å². The maximum absolute atomic E-state index is 13.2. The molecule has 0 radical (unpaired) electrons. The Hall–Kier alpha value is -4.01. The van der Waals surface area contributed by atoms with Gasteiger partial charge in [-0.2, -0.15) is 0 Å². The van der Waals surface area contributed by atoms with Gasteiger partial charge in [0.1, 0.15) is 11.7 Å². The number of carbonyl (C=O) groups excluding carboxylic acids is 1. The zero-order valence-electron chi connectivity index (χ0n) is 25.6. The molecular formula is C35H45N7O. The van der Waals surface area contributed by atoms with Crippen molar-refractivity contribution >= 4 is 22.5 Å². The fourth-order valence-corrected chi connectivity index (χ4v) is 6.52. The molecule has 1 spiro atoms. The van der Waals surface area contributed by atoms with E-state index in [-0.39, 0.29) is 24.8 Å². The fraction of sp³-hybridized carbons (Fsp3) is 0.400. The quantitative estimate of drug-likeness (QED) is 0.175. The van der Waals surface area contributed by atoms with Gasteiger partial charge in [-0.15, -0.1) is 0 Å². The highest BCUT2D eigenvalue weighted by atomic mass is 16.2. The molecule has 6 rings (SSSR count). The second-order valence-electron chi connectivity index (χ2n) is 11.8. The van der Waals surface area contributed by atoms with E-state index in [2.05, 4.69) is 74.4 Å². The van der Waals surface area contributed by atoms with Crippen molar-refractivity contribution in [3.8, 4) is 0 Å². The number of amidine groups is 1. The molecule has 0 bridgehead atoms. The lowest BCUT2D eigenvalue weighted by molar-refractivity contribution is 0.0764. The Kier molecular flexibility index (Phi) is 9.89. The third kappa shape index (κ3) is 7.69. The molecule has 0 saturated carbocycles. The monoisotopic (exact) mass is 579 g/mol. The molecule has 3 aromatic carbocycles. The van der Waals surface area contributed by atoms with Crippen LogP contribution in [-0.4, -0.2) is 69.1 Å². The van der Waals surface area contributed by atoms with Crippen LogP contribution in [0, 0.1) is 10.8 Å². The number of hydrogen-bond acceptors (Lipinski definition) is 5. The van der Waals surface area contributed by atoms with Crippen molar-refractivity contribution in [1.82, 2.24) is 24.7 Å². The highest BCUT2D eigenvalue weighted by Crippen LogP contribution is 2.41. The number of benzene rings is 3. The van der Waals surface area contributed by atoms with Crippen LogP contribution in [0.3, 0.4) is 0 Å². The highest BCUT2D eigenvalue weighted by Gasteiger charge is 2.40. The molecule has 8 heteroatoms. The van der Waals surface area contributed by atoms with Gasteiger partial charge in [0.15, 0.2) is 0 Å². The summed E-state index contributed by atoms with van der Waals surface area (Å²) in [5.74, 6) is 0.460. The lowest BCUT2D eigenvalue weighted by Crippen LogP contribution is -2.41. The number of imidazole rings is 1. The summed E-state index contributed by atoms with van der Waals surface area (Å²) < 4.78 is 0. The highest BCUT2D eigenvalue weighted by molar-refractivity contribution is 5.96. The maximum atomic E-state index is 13.2. The molecule has 2 aliphatic heterocycles. The Morgan fingerprint density at radius 3 is 2.26 bits per heavy atom. The molecular weight excluding hydrogens is 534 g/mol. The number of piperidine rings is 1. The van der Waals surface area contributed by atoms with Gasteiger partial charge in [0.25, 0.3) is 5.91 Å². The first kappa shape index (κ1) is 30.4. The molecule has 4 aromatic rings. The van der Waals surface area contributed by atoms with Crippen LogP contribution >= 0.6 is 0 Å². The van der Waals surface area contributed by atoms with Gasteiger partial charge in [-0.25, -0.2) is 4.98 Å². The summed E-state index contributed by atoms with van der Waals surface area (Å²) in [6, 6.07) is 23.4. The minimum absolute atomic E-state index is 0.0518. The summed E-state index contributed by atoms with van der Waals surface area (Å²) in [5.41, 5.74) is 9.27. The predicted molar refractivity (Wildman–Crippen MR) is 174 cm³/mol. The van der Waals surface area contributed by atoms with Crippen molar-refractivity contribution in [3.05, 3.63) is 102 Å². The Bertz CT molecular complexity index is 1490. The normalized spacial score (nSPS) is 16.6. The van der Waals surface area contributed by atoms with Gasteiger partial charge in [0.2, 0.25) is 0 Å². The largest absolute Gasteiger partial charge is 0.386 e. The first-order valence-corrected chi connectivity index (χ1v) is 15.6. The Morgan fingerprint density at radius 1 is 0.930 bits per heavy atom. The van der Waals surface area contributed by atoms with Crippen LogP contribution in [0.2, 0.25) is 0 Å². The lowest BCUT2D eigenvalue weighted by Gasteiger charge is -2.39. The molecule has 226 valence electrons. The van der Waals surface area contributed by atoms with Crippen LogP contribution in [0.25, 0.3) is 10.8 Å². The SMILES string of the molecule is CC.N=C(N)CN(Cc1ncc[nH]1)C(=O)c1ccc(CN2CCC3(CCN(Cc4ccc5ccccc5c4)CC3)C2)cc1. The van der Waals surface area contributed by atoms with Gasteiger partial charge in [0.05, 0.1) is 13.1 Å². The number of nitrogens with two attached hydrogens (primary N) is 1. The number of hydrogen-bond donors (Lipinski definition) is 3. The van der Waals surface area contributed by atoms with Gasteiger partial charge in [-0.05, 0) is 84.4 Å². The van der Waals surface area contributed by atoms with Crippen LogP contribution < -0.4 is 5.73 Å². The second-order valence-corrected chi connectivity index (χ2v) is 11.8. The molecule has 2 fully saturated rings. The van der Waals surface area contributed by atoms with E-state index in [9.17, 15) is 4.79 Å². The molecule has 3 heterocycles. The van der Waals surface area contributed by atoms with E-state index in [1.165, 1.54) is 41.2 Å². The number of amides is 1. The lowest BCUT2D eigenvalue weighted by atomic mass is 9.77. The van der Waals surface area contributed by atoms with Crippen molar-refractivity contribution in [2.75, 3.05) is 32.7 Å². The molecule has 2 aliphatic rings. The molecule has 0 aliphatic carbocycles. The average molecular weight is 580 g/mol. The van der Waals surface area contributed by atoms with Crippen molar-refractivity contribution in [2.45, 2.75) is 52.7 Å². The number of nitrogens with one attached hydrogen (secondary N) is 2. The summed E-state index contributed by atoms with van der Waals surface area (Å²) >= 11 is 0. The van der Waals surface area contributed by atoms with Crippen molar-refractivity contribution in [2.24, 2.45) is 11.1 Å². The first-order chi connectivity index (χ1) is 20.9. The molecule has 1 amide bonds. The Morgan fingerprint density at radius 2 is 1.58 bits per heavy atom. The van der Waals surface area contributed by atoms with Gasteiger partial charge >= 0.3 is 0 Å². The first-order valence-electron chi connectivity index (χ1n) is 15.6. The molecule has 43 heavy (non-hydrogen) atoms. The van der Waals surface area contributed by atoms with Crippen LogP contribution in [0.1, 0.15) is 60.4 Å². The van der Waals surface area contributed by atoms with Crippen LogP contribution in [0.4, 0.5) is 0 Å². The zero-order valence-corrected chi connectivity index (χ0v) is 25.6.